The Morgan fingerprint density at radius 3 is 2.41 bits per heavy atom. The standard InChI is InChI=1S/C13H20N2O10P2/c1-23-12-9(15-5-3-10(16)14-13(15)17)7-8(4-6-26(18,19)20)11(12)25-27(21,22)24-2/h3-6,8-9,11-12H,7H2,1-2H3,(H,21,22)(H,14,16,17)(H2,18,19,20)/b6-4+/t8-,9-,11+,12-/m0/s1. The normalized spacial score (nSPS) is 28.5. The molecule has 14 heteroatoms. The third kappa shape index (κ3) is 5.56. The molecule has 1 fully saturated rings. The quantitative estimate of drug-likeness (QED) is 0.432. The van der Waals surface area contributed by atoms with Gasteiger partial charge in [0.25, 0.3) is 5.56 Å². The minimum absolute atomic E-state index is 0.0787. The first-order valence-electron chi connectivity index (χ1n) is 7.63. The lowest BCUT2D eigenvalue weighted by Crippen LogP contribution is -2.38. The van der Waals surface area contributed by atoms with Crippen molar-refractivity contribution in [2.75, 3.05) is 14.2 Å². The van der Waals surface area contributed by atoms with Gasteiger partial charge >= 0.3 is 21.1 Å². The average Bonchev–Trinajstić information content (AvgIpc) is 2.89. The van der Waals surface area contributed by atoms with Crippen LogP contribution in [0.15, 0.2) is 33.7 Å². The molecule has 0 aliphatic heterocycles. The Morgan fingerprint density at radius 1 is 1.22 bits per heavy atom. The molecule has 2 rings (SSSR count). The first-order chi connectivity index (χ1) is 12.5. The summed E-state index contributed by atoms with van der Waals surface area (Å²) in [5.74, 6) is -0.143. The maximum atomic E-state index is 12.1. The van der Waals surface area contributed by atoms with Crippen LogP contribution in [0.3, 0.4) is 0 Å². The van der Waals surface area contributed by atoms with Crippen LogP contribution in [0.2, 0.25) is 0 Å². The van der Waals surface area contributed by atoms with Crippen LogP contribution in [0.25, 0.3) is 0 Å². The zero-order valence-electron chi connectivity index (χ0n) is 14.4. The lowest BCUT2D eigenvalue weighted by Gasteiger charge is -2.26. The number of ether oxygens (including phenoxy) is 1. The molecular formula is C13H20N2O10P2. The van der Waals surface area contributed by atoms with Crippen molar-refractivity contribution < 1.29 is 37.6 Å². The third-order valence-corrected chi connectivity index (χ3v) is 5.66. The van der Waals surface area contributed by atoms with E-state index in [9.17, 15) is 23.6 Å². The Hall–Kier alpha value is -1.36. The van der Waals surface area contributed by atoms with E-state index in [0.29, 0.717) is 5.82 Å². The number of nitrogens with one attached hydrogen (secondary N) is 1. The second kappa shape index (κ2) is 8.34. The summed E-state index contributed by atoms with van der Waals surface area (Å²) in [5, 5.41) is 0. The topological polar surface area (TPSA) is 177 Å². The van der Waals surface area contributed by atoms with Gasteiger partial charge in [-0.1, -0.05) is 6.08 Å². The molecular weight excluding hydrogens is 406 g/mol. The van der Waals surface area contributed by atoms with Gasteiger partial charge in [-0.25, -0.2) is 9.36 Å². The van der Waals surface area contributed by atoms with Gasteiger partial charge in [0.2, 0.25) is 0 Å². The molecule has 4 N–H and O–H groups in total. The monoisotopic (exact) mass is 426 g/mol. The van der Waals surface area contributed by atoms with Gasteiger partial charge in [-0.2, -0.15) is 0 Å². The van der Waals surface area contributed by atoms with Crippen molar-refractivity contribution in [3.8, 4) is 0 Å². The average molecular weight is 426 g/mol. The number of aromatic amines is 1. The molecule has 12 nitrogen and oxygen atoms in total. The molecule has 1 heterocycles. The molecule has 0 radical (unpaired) electrons. The number of phosphoric ester groups is 1. The summed E-state index contributed by atoms with van der Waals surface area (Å²) in [6.45, 7) is 0. The number of H-pyrrole nitrogens is 1. The van der Waals surface area contributed by atoms with Crippen molar-refractivity contribution in [2.24, 2.45) is 5.92 Å². The fourth-order valence-electron chi connectivity index (χ4n) is 3.01. The highest BCUT2D eigenvalue weighted by Gasteiger charge is 2.48. The van der Waals surface area contributed by atoms with E-state index >= 15 is 0 Å². The highest BCUT2D eigenvalue weighted by molar-refractivity contribution is 7.55. The van der Waals surface area contributed by atoms with E-state index in [1.807, 2.05) is 0 Å². The van der Waals surface area contributed by atoms with Gasteiger partial charge in [-0.15, -0.1) is 0 Å². The van der Waals surface area contributed by atoms with Crippen molar-refractivity contribution in [2.45, 2.75) is 24.7 Å². The number of methoxy groups -OCH3 is 1. The van der Waals surface area contributed by atoms with Gasteiger partial charge < -0.3 is 19.4 Å². The van der Waals surface area contributed by atoms with Crippen molar-refractivity contribution in [1.29, 1.82) is 0 Å². The number of rotatable bonds is 7. The van der Waals surface area contributed by atoms with Crippen LogP contribution in [0, 0.1) is 5.92 Å². The van der Waals surface area contributed by atoms with Gasteiger partial charge in [0.15, 0.2) is 0 Å². The van der Waals surface area contributed by atoms with Crippen LogP contribution in [-0.2, 0) is 22.9 Å². The number of phosphoric acid groups is 1. The smallest absolute Gasteiger partial charge is 0.377 e. The van der Waals surface area contributed by atoms with Gasteiger partial charge in [-0.05, 0) is 6.42 Å². The third-order valence-electron chi connectivity index (χ3n) is 4.13. The Bertz CT molecular complexity index is 903. The molecule has 1 aliphatic carbocycles. The van der Waals surface area contributed by atoms with Gasteiger partial charge in [0, 0.05) is 38.2 Å². The largest absolute Gasteiger partial charge is 0.472 e. The molecule has 0 spiro atoms. The maximum Gasteiger partial charge on any atom is 0.472 e. The molecule has 1 unspecified atom stereocenters. The van der Waals surface area contributed by atoms with Crippen LogP contribution >= 0.6 is 15.4 Å². The molecule has 1 aromatic heterocycles. The maximum absolute atomic E-state index is 12.1. The van der Waals surface area contributed by atoms with Crippen molar-refractivity contribution >= 4 is 15.4 Å². The van der Waals surface area contributed by atoms with Crippen LogP contribution in [0.1, 0.15) is 12.5 Å². The summed E-state index contributed by atoms with van der Waals surface area (Å²) in [6, 6.07) is 0.377. The van der Waals surface area contributed by atoms with Crippen molar-refractivity contribution in [1.82, 2.24) is 9.55 Å². The zero-order chi connectivity index (χ0) is 20.4. The SMILES string of the molecule is CO[C@@H]1[C@H](OP(=O)(O)OC)[C@@H](/C=C/P(=O)(O)O)C[C@@H]1n1ccc(=O)[nH]c1=O. The first-order valence-corrected chi connectivity index (χ1v) is 10.8. The predicted molar refractivity (Wildman–Crippen MR) is 92.2 cm³/mol. The molecule has 5 atom stereocenters. The predicted octanol–water partition coefficient (Wildman–Crippen LogP) is -0.0640. The van der Waals surface area contributed by atoms with E-state index in [0.717, 1.165) is 23.8 Å². The highest BCUT2D eigenvalue weighted by Crippen LogP contribution is 2.51. The molecule has 0 aromatic carbocycles. The minimum atomic E-state index is -4.49. The Balaban J connectivity index is 2.46. The van der Waals surface area contributed by atoms with Gasteiger partial charge in [-0.3, -0.25) is 28.0 Å². The van der Waals surface area contributed by atoms with E-state index < -0.39 is 50.8 Å². The summed E-state index contributed by atoms with van der Waals surface area (Å²) >= 11 is 0. The van der Waals surface area contributed by atoms with Crippen molar-refractivity contribution in [3.05, 3.63) is 45.0 Å². The number of hydrogen-bond donors (Lipinski definition) is 4. The second-order valence-electron chi connectivity index (χ2n) is 5.84. The van der Waals surface area contributed by atoms with Gasteiger partial charge in [0.05, 0.1) is 6.04 Å². The first kappa shape index (κ1) is 21.9. The van der Waals surface area contributed by atoms with Crippen LogP contribution < -0.4 is 11.2 Å². The summed E-state index contributed by atoms with van der Waals surface area (Å²) in [5.41, 5.74) is -1.33. The van der Waals surface area contributed by atoms with Crippen LogP contribution in [-0.4, -0.2) is 50.7 Å². The molecule has 0 amide bonds. The number of aromatic nitrogens is 2. The molecule has 152 valence electrons. The molecule has 1 aromatic rings. The number of hydrogen-bond acceptors (Lipinski definition) is 7. The fourth-order valence-corrected chi connectivity index (χ4v) is 4.12. The molecule has 27 heavy (non-hydrogen) atoms. The molecule has 0 bridgehead atoms. The Morgan fingerprint density at radius 2 is 1.89 bits per heavy atom. The van der Waals surface area contributed by atoms with Crippen molar-refractivity contribution in [3.63, 3.8) is 0 Å². The highest BCUT2D eigenvalue weighted by atomic mass is 31.2. The van der Waals surface area contributed by atoms with E-state index in [1.165, 1.54) is 13.3 Å². The Labute approximate surface area is 153 Å². The molecule has 1 saturated carbocycles. The second-order valence-corrected chi connectivity index (χ2v) is 8.83. The van der Waals surface area contributed by atoms with Crippen LogP contribution in [0.5, 0.6) is 0 Å². The van der Waals surface area contributed by atoms with E-state index in [4.69, 9.17) is 19.0 Å². The molecule has 0 saturated heterocycles. The summed E-state index contributed by atoms with van der Waals surface area (Å²) in [6.07, 6.45) is 0.353. The Kier molecular flexibility index (Phi) is 6.77. The minimum Gasteiger partial charge on any atom is -0.377 e. The van der Waals surface area contributed by atoms with E-state index in [-0.39, 0.29) is 6.42 Å². The lowest BCUT2D eigenvalue weighted by molar-refractivity contribution is -0.0198. The lowest BCUT2D eigenvalue weighted by atomic mass is 10.1. The zero-order valence-corrected chi connectivity index (χ0v) is 16.2. The summed E-state index contributed by atoms with van der Waals surface area (Å²) in [7, 11) is -6.71. The summed E-state index contributed by atoms with van der Waals surface area (Å²) in [4.78, 5) is 53.2. The van der Waals surface area contributed by atoms with E-state index in [2.05, 4.69) is 9.51 Å². The van der Waals surface area contributed by atoms with Gasteiger partial charge in [0.1, 0.15) is 12.2 Å². The molecule has 1 aliphatic rings. The number of nitrogens with zero attached hydrogens (tertiary/aromatic N) is 1. The fraction of sp³-hybridized carbons (Fsp3) is 0.538. The van der Waals surface area contributed by atoms with Crippen LogP contribution in [0.4, 0.5) is 0 Å². The summed E-state index contributed by atoms with van der Waals surface area (Å²) < 4.78 is 39.0. The van der Waals surface area contributed by atoms with E-state index in [1.54, 1.807) is 0 Å².